The van der Waals surface area contributed by atoms with E-state index in [4.69, 9.17) is 4.18 Å². The zero-order valence-electron chi connectivity index (χ0n) is 8.38. The van der Waals surface area contributed by atoms with Gasteiger partial charge in [-0.25, -0.2) is 0 Å². The van der Waals surface area contributed by atoms with Gasteiger partial charge in [0.2, 0.25) is 0 Å². The molecule has 0 heterocycles. The van der Waals surface area contributed by atoms with Gasteiger partial charge in [0.1, 0.15) is 5.75 Å². The number of para-hydroxylation sites is 1. The van der Waals surface area contributed by atoms with Crippen LogP contribution in [0.3, 0.4) is 0 Å². The second-order valence-corrected chi connectivity index (χ2v) is 6.05. The lowest BCUT2D eigenvalue weighted by atomic mass is 10.0. The minimum absolute atomic E-state index is 0.183. The first-order valence-corrected chi connectivity index (χ1v) is 7.21. The predicted molar refractivity (Wildman–Crippen MR) is 56.9 cm³/mol. The van der Waals surface area contributed by atoms with Crippen molar-refractivity contribution in [1.29, 1.82) is 0 Å². The van der Waals surface area contributed by atoms with E-state index >= 15 is 0 Å². The summed E-state index contributed by atoms with van der Waals surface area (Å²) in [7, 11) is -5.36. The fourth-order valence-electron chi connectivity index (χ4n) is 1.14. The summed E-state index contributed by atoms with van der Waals surface area (Å²) in [5, 5.41) is 0. The van der Waals surface area contributed by atoms with E-state index in [-0.39, 0.29) is 5.92 Å². The Morgan fingerprint density at radius 3 is 2.53 bits per heavy atom. The van der Waals surface area contributed by atoms with Crippen molar-refractivity contribution in [1.82, 2.24) is 0 Å². The molecule has 0 saturated heterocycles. The number of hydrogen-bond acceptors (Lipinski definition) is 4. The second kappa shape index (κ2) is 5.35. The highest BCUT2D eigenvalue weighted by Gasteiger charge is 2.19. The van der Waals surface area contributed by atoms with Gasteiger partial charge in [-0.15, -0.1) is 0 Å². The van der Waals surface area contributed by atoms with Crippen LogP contribution in [0.4, 0.5) is 0 Å². The molecular weight excluding hydrogens is 235 g/mol. The molecule has 0 saturated carbocycles. The van der Waals surface area contributed by atoms with E-state index in [9.17, 15) is 13.7 Å². The Labute approximate surface area is 91.6 Å². The second-order valence-electron chi connectivity index (χ2n) is 3.22. The minimum atomic E-state index is -3.07. The third kappa shape index (κ3) is 3.38. The average Bonchev–Trinajstić information content (AvgIpc) is 2.18. The molecule has 0 bridgehead atoms. The predicted octanol–water partition coefficient (Wildman–Crippen LogP) is 1.87. The Hall–Kier alpha value is -0.770. The first kappa shape index (κ1) is 12.3. The average molecular weight is 246 g/mol. The molecule has 0 aromatic heterocycles. The summed E-state index contributed by atoms with van der Waals surface area (Å²) in [5.74, 6) is 0.535. The molecule has 1 aromatic carbocycles. The quantitative estimate of drug-likeness (QED) is 0.760. The topological polar surface area (TPSA) is 66.4 Å². The molecule has 2 atom stereocenters. The molecule has 0 radical (unpaired) electrons. The largest absolute Gasteiger partial charge is 0.580 e. The molecule has 0 aliphatic rings. The fraction of sp³-hybridized carbons (Fsp3) is 0.333. The van der Waals surface area contributed by atoms with E-state index < -0.39 is 17.9 Å². The summed E-state index contributed by atoms with van der Waals surface area (Å²) in [6.07, 6.45) is 0. The summed E-state index contributed by atoms with van der Waals surface area (Å²) in [6.45, 7) is 3.89. The molecule has 1 aromatic rings. The van der Waals surface area contributed by atoms with Crippen molar-refractivity contribution in [3.8, 4) is 5.75 Å². The Kier molecular flexibility index (Phi) is 4.39. The Balaban J connectivity index is 2.94. The Bertz CT molecular complexity index is 391. The summed E-state index contributed by atoms with van der Waals surface area (Å²) in [4.78, 5) is 10.4. The monoisotopic (exact) mass is 246 g/mol. The van der Waals surface area contributed by atoms with Gasteiger partial charge in [0.05, 0.1) is 0 Å². The maximum absolute atomic E-state index is 11.0. The number of hydrogen-bond donors (Lipinski definition) is 0. The summed E-state index contributed by atoms with van der Waals surface area (Å²) >= 11 is 0. The van der Waals surface area contributed by atoms with Crippen LogP contribution < -0.4 is 9.08 Å². The van der Waals surface area contributed by atoms with Crippen molar-refractivity contribution in [2.45, 2.75) is 19.8 Å². The highest BCUT2D eigenvalue weighted by atomic mass is 32.7. The van der Waals surface area contributed by atoms with Gasteiger partial charge >= 0.3 is 17.9 Å². The van der Waals surface area contributed by atoms with Crippen molar-refractivity contribution >= 4 is 17.9 Å². The minimum Gasteiger partial charge on any atom is -0.580 e. The molecule has 0 aliphatic carbocycles. The standard InChI is InChI=1S/C9H11O4PS/c1-7(2)8-5-3-4-6-9(8)13-15(12)14(10)11/h3-7H,1-2H3. The zero-order valence-corrected chi connectivity index (χ0v) is 10.1. The molecule has 0 spiro atoms. The van der Waals surface area contributed by atoms with Crippen molar-refractivity contribution < 1.29 is 17.9 Å². The van der Waals surface area contributed by atoms with Crippen molar-refractivity contribution in [3.63, 3.8) is 0 Å². The third-order valence-corrected chi connectivity index (χ3v) is 3.34. The highest BCUT2D eigenvalue weighted by Crippen LogP contribution is 2.29. The van der Waals surface area contributed by atoms with Gasteiger partial charge in [-0.1, -0.05) is 36.6 Å². The van der Waals surface area contributed by atoms with E-state index in [0.717, 1.165) is 5.56 Å². The molecule has 0 amide bonds. The van der Waals surface area contributed by atoms with Crippen LogP contribution in [0.25, 0.3) is 0 Å². The van der Waals surface area contributed by atoms with Gasteiger partial charge in [0.15, 0.2) is 0 Å². The van der Waals surface area contributed by atoms with Crippen LogP contribution in [0, 0.1) is 0 Å². The van der Waals surface area contributed by atoms with Crippen LogP contribution in [-0.2, 0) is 15.3 Å². The molecule has 0 N–H and O–H groups in total. The molecule has 2 unspecified atom stereocenters. The van der Waals surface area contributed by atoms with Crippen LogP contribution in [0.2, 0.25) is 0 Å². The van der Waals surface area contributed by atoms with E-state index in [1.165, 1.54) is 0 Å². The van der Waals surface area contributed by atoms with Crippen molar-refractivity contribution in [3.05, 3.63) is 29.8 Å². The van der Waals surface area contributed by atoms with Gasteiger partial charge in [0, 0.05) is 0 Å². The molecule has 6 heteroatoms. The SMILES string of the molecule is CC(C)c1ccccc1OS(=O)[P+](=O)[O-]. The molecule has 82 valence electrons. The van der Waals surface area contributed by atoms with Crippen LogP contribution in [0.15, 0.2) is 24.3 Å². The summed E-state index contributed by atoms with van der Waals surface area (Å²) in [6, 6.07) is 6.94. The van der Waals surface area contributed by atoms with Crippen LogP contribution in [-0.4, -0.2) is 4.21 Å². The summed E-state index contributed by atoms with van der Waals surface area (Å²) in [5.41, 5.74) is 0.836. The van der Waals surface area contributed by atoms with Gasteiger partial charge < -0.3 is 9.08 Å². The Morgan fingerprint density at radius 1 is 1.40 bits per heavy atom. The zero-order chi connectivity index (χ0) is 11.4. The van der Waals surface area contributed by atoms with Crippen LogP contribution in [0.5, 0.6) is 5.75 Å². The first-order chi connectivity index (χ1) is 7.02. The molecule has 1 rings (SSSR count). The number of rotatable bonds is 4. The van der Waals surface area contributed by atoms with E-state index in [1.807, 2.05) is 26.0 Å². The molecule has 0 aliphatic heterocycles. The smallest absolute Gasteiger partial charge is 0.459 e. The van der Waals surface area contributed by atoms with Crippen molar-refractivity contribution in [2.75, 3.05) is 0 Å². The normalized spacial score (nSPS) is 13.7. The van der Waals surface area contributed by atoms with Gasteiger partial charge in [-0.3, -0.25) is 0 Å². The lowest BCUT2D eigenvalue weighted by molar-refractivity contribution is -0.158. The van der Waals surface area contributed by atoms with Crippen molar-refractivity contribution in [2.24, 2.45) is 0 Å². The maximum Gasteiger partial charge on any atom is 0.459 e. The highest BCUT2D eigenvalue weighted by molar-refractivity contribution is 8.37. The molecule has 4 nitrogen and oxygen atoms in total. The van der Waals surface area contributed by atoms with E-state index in [0.29, 0.717) is 5.75 Å². The van der Waals surface area contributed by atoms with Gasteiger partial charge in [-0.2, -0.15) is 4.21 Å². The van der Waals surface area contributed by atoms with Crippen LogP contribution in [0.1, 0.15) is 25.3 Å². The molecular formula is C9H11O4PS. The molecule has 15 heavy (non-hydrogen) atoms. The van der Waals surface area contributed by atoms with Crippen LogP contribution >= 0.6 is 7.23 Å². The van der Waals surface area contributed by atoms with Gasteiger partial charge in [0.25, 0.3) is 0 Å². The first-order valence-electron chi connectivity index (χ1n) is 4.36. The molecule has 0 fully saturated rings. The summed E-state index contributed by atoms with van der Waals surface area (Å²) < 4.78 is 26.2. The third-order valence-electron chi connectivity index (χ3n) is 1.82. The fourth-order valence-corrected chi connectivity index (χ4v) is 1.93. The Morgan fingerprint density at radius 2 is 2.00 bits per heavy atom. The number of benzene rings is 1. The van der Waals surface area contributed by atoms with Gasteiger partial charge in [-0.05, 0) is 17.5 Å². The van der Waals surface area contributed by atoms with E-state index in [1.54, 1.807) is 12.1 Å². The lowest BCUT2D eigenvalue weighted by Gasteiger charge is -2.09. The lowest BCUT2D eigenvalue weighted by Crippen LogP contribution is -2.03. The maximum atomic E-state index is 11.0. The van der Waals surface area contributed by atoms with E-state index in [2.05, 4.69) is 0 Å².